The molecule has 1 rings (SSSR count). The van der Waals surface area contributed by atoms with E-state index in [9.17, 15) is 19.7 Å². The van der Waals surface area contributed by atoms with Crippen LogP contribution in [0.4, 0.5) is 5.69 Å². The van der Waals surface area contributed by atoms with Crippen molar-refractivity contribution in [3.63, 3.8) is 0 Å². The van der Waals surface area contributed by atoms with Crippen molar-refractivity contribution in [2.45, 2.75) is 46.3 Å². The van der Waals surface area contributed by atoms with Crippen LogP contribution in [0.15, 0.2) is 18.2 Å². The van der Waals surface area contributed by atoms with Gasteiger partial charge >= 0.3 is 5.97 Å². The number of rotatable bonds is 4. The molecule has 0 heterocycles. The van der Waals surface area contributed by atoms with Crippen molar-refractivity contribution in [2.24, 2.45) is 0 Å². The van der Waals surface area contributed by atoms with E-state index in [0.29, 0.717) is 5.56 Å². The summed E-state index contributed by atoms with van der Waals surface area (Å²) in [5, 5.41) is 13.7. The molecule has 0 aliphatic rings. The molecule has 1 atom stereocenters. The number of nitrogens with one attached hydrogen (secondary N) is 1. The topological polar surface area (TPSA) is 98.5 Å². The molecule has 0 aromatic heterocycles. The fourth-order valence-corrected chi connectivity index (χ4v) is 1.81. The number of nitrogens with zero attached hydrogens (tertiary/aromatic N) is 1. The number of esters is 1. The van der Waals surface area contributed by atoms with Crippen LogP contribution >= 0.6 is 0 Å². The Morgan fingerprint density at radius 3 is 2.41 bits per heavy atom. The van der Waals surface area contributed by atoms with Crippen LogP contribution < -0.4 is 5.32 Å². The third kappa shape index (κ3) is 4.54. The molecule has 0 fully saturated rings. The van der Waals surface area contributed by atoms with Crippen LogP contribution in [-0.2, 0) is 9.53 Å². The summed E-state index contributed by atoms with van der Waals surface area (Å²) >= 11 is 0. The van der Waals surface area contributed by atoms with E-state index in [2.05, 4.69) is 5.32 Å². The molecule has 0 unspecified atom stereocenters. The van der Waals surface area contributed by atoms with E-state index < -0.39 is 28.4 Å². The van der Waals surface area contributed by atoms with E-state index in [1.807, 2.05) is 0 Å². The lowest BCUT2D eigenvalue weighted by Crippen LogP contribution is -2.46. The van der Waals surface area contributed by atoms with Crippen LogP contribution in [0.3, 0.4) is 0 Å². The highest BCUT2D eigenvalue weighted by molar-refractivity contribution is 5.97. The van der Waals surface area contributed by atoms with Crippen molar-refractivity contribution < 1.29 is 19.2 Å². The van der Waals surface area contributed by atoms with Gasteiger partial charge in [0.1, 0.15) is 5.56 Å². The summed E-state index contributed by atoms with van der Waals surface area (Å²) in [5.41, 5.74) is -0.522. The smallest absolute Gasteiger partial charge is 0.346 e. The SMILES string of the molecule is Cc1cccc([N+](=O)[O-])c1C(=O)O[C@H](C)C(=O)NC(C)(C)C. The van der Waals surface area contributed by atoms with Gasteiger partial charge in [0, 0.05) is 11.6 Å². The maximum Gasteiger partial charge on any atom is 0.346 e. The van der Waals surface area contributed by atoms with Crippen molar-refractivity contribution in [1.82, 2.24) is 5.32 Å². The number of aryl methyl sites for hydroxylation is 1. The minimum atomic E-state index is -1.05. The molecule has 1 aromatic carbocycles. The first-order chi connectivity index (χ1) is 10.0. The maximum atomic E-state index is 12.2. The summed E-state index contributed by atoms with van der Waals surface area (Å²) in [6.45, 7) is 8.38. The predicted molar refractivity (Wildman–Crippen MR) is 80.6 cm³/mol. The fourth-order valence-electron chi connectivity index (χ4n) is 1.81. The van der Waals surface area contributed by atoms with Crippen molar-refractivity contribution >= 4 is 17.6 Å². The van der Waals surface area contributed by atoms with Crippen molar-refractivity contribution in [3.05, 3.63) is 39.4 Å². The lowest BCUT2D eigenvalue weighted by atomic mass is 10.1. The summed E-state index contributed by atoms with van der Waals surface area (Å²) in [4.78, 5) is 34.4. The van der Waals surface area contributed by atoms with Crippen molar-refractivity contribution in [2.75, 3.05) is 0 Å². The molecule has 120 valence electrons. The highest BCUT2D eigenvalue weighted by Crippen LogP contribution is 2.23. The summed E-state index contributed by atoms with van der Waals surface area (Å²) in [6.07, 6.45) is -1.05. The molecule has 0 spiro atoms. The van der Waals surface area contributed by atoms with Crippen LogP contribution in [0.25, 0.3) is 0 Å². The molecule has 0 radical (unpaired) electrons. The van der Waals surface area contributed by atoms with Crippen LogP contribution in [0.5, 0.6) is 0 Å². The predicted octanol–water partition coefficient (Wildman–Crippen LogP) is 2.36. The lowest BCUT2D eigenvalue weighted by molar-refractivity contribution is -0.385. The molecule has 1 amide bonds. The van der Waals surface area contributed by atoms with Crippen LogP contribution in [0.2, 0.25) is 0 Å². The number of carbonyl (C=O) groups is 2. The molecule has 22 heavy (non-hydrogen) atoms. The summed E-state index contributed by atoms with van der Waals surface area (Å²) in [5.74, 6) is -1.35. The molecule has 7 heteroatoms. The highest BCUT2D eigenvalue weighted by atomic mass is 16.6. The van der Waals surface area contributed by atoms with Crippen molar-refractivity contribution in [1.29, 1.82) is 0 Å². The van der Waals surface area contributed by atoms with Gasteiger partial charge in [-0.2, -0.15) is 0 Å². The Labute approximate surface area is 128 Å². The number of nitro groups is 1. The molecular formula is C15H20N2O5. The molecule has 0 aliphatic carbocycles. The second-order valence-corrected chi connectivity index (χ2v) is 6.01. The zero-order valence-corrected chi connectivity index (χ0v) is 13.3. The standard InChI is InChI=1S/C15H20N2O5/c1-9-7-6-8-11(17(20)21)12(9)14(19)22-10(2)13(18)16-15(3,4)5/h6-8,10H,1-5H3,(H,16,18)/t10-/m1/s1. The monoisotopic (exact) mass is 308 g/mol. The van der Waals surface area contributed by atoms with Crippen LogP contribution in [-0.4, -0.2) is 28.4 Å². The van der Waals surface area contributed by atoms with Crippen molar-refractivity contribution in [3.8, 4) is 0 Å². The minimum Gasteiger partial charge on any atom is -0.449 e. The Hall–Kier alpha value is -2.44. The number of benzene rings is 1. The van der Waals surface area contributed by atoms with E-state index >= 15 is 0 Å². The number of amides is 1. The molecule has 0 aliphatic heterocycles. The Bertz CT molecular complexity index is 604. The minimum absolute atomic E-state index is 0.136. The van der Waals surface area contributed by atoms with Gasteiger partial charge in [0.2, 0.25) is 0 Å². The second-order valence-electron chi connectivity index (χ2n) is 6.01. The van der Waals surface area contributed by atoms with E-state index in [4.69, 9.17) is 4.74 Å². The summed E-state index contributed by atoms with van der Waals surface area (Å²) < 4.78 is 5.06. The van der Waals surface area contributed by atoms with Gasteiger partial charge in [-0.15, -0.1) is 0 Å². The van der Waals surface area contributed by atoms with Gasteiger partial charge in [-0.3, -0.25) is 14.9 Å². The Balaban J connectivity index is 2.95. The largest absolute Gasteiger partial charge is 0.449 e. The highest BCUT2D eigenvalue weighted by Gasteiger charge is 2.28. The lowest BCUT2D eigenvalue weighted by Gasteiger charge is -2.23. The molecule has 0 saturated heterocycles. The quantitative estimate of drug-likeness (QED) is 0.523. The Morgan fingerprint density at radius 2 is 1.91 bits per heavy atom. The van der Waals surface area contributed by atoms with Gasteiger partial charge in [-0.05, 0) is 40.2 Å². The average molecular weight is 308 g/mol. The maximum absolute atomic E-state index is 12.2. The molecule has 0 bridgehead atoms. The zero-order valence-electron chi connectivity index (χ0n) is 13.3. The van der Waals surface area contributed by atoms with E-state index in [1.165, 1.54) is 19.1 Å². The van der Waals surface area contributed by atoms with Gasteiger partial charge in [0.15, 0.2) is 6.10 Å². The average Bonchev–Trinajstić information content (AvgIpc) is 2.35. The molecule has 1 N–H and O–H groups in total. The van der Waals surface area contributed by atoms with Gasteiger partial charge in [-0.25, -0.2) is 4.79 Å². The normalized spacial score (nSPS) is 12.4. The second kappa shape index (κ2) is 6.55. The third-order valence-electron chi connectivity index (χ3n) is 2.80. The first-order valence-corrected chi connectivity index (χ1v) is 6.80. The number of hydrogen-bond donors (Lipinski definition) is 1. The van der Waals surface area contributed by atoms with E-state index in [0.717, 1.165) is 0 Å². The summed E-state index contributed by atoms with van der Waals surface area (Å²) in [7, 11) is 0. The van der Waals surface area contributed by atoms with Crippen LogP contribution in [0, 0.1) is 17.0 Å². The first kappa shape index (κ1) is 17.6. The Kier molecular flexibility index (Phi) is 5.24. The van der Waals surface area contributed by atoms with Gasteiger partial charge in [-0.1, -0.05) is 12.1 Å². The van der Waals surface area contributed by atoms with Gasteiger partial charge in [0.25, 0.3) is 11.6 Å². The van der Waals surface area contributed by atoms with E-state index in [-0.39, 0.29) is 11.3 Å². The van der Waals surface area contributed by atoms with Gasteiger partial charge in [0.05, 0.1) is 4.92 Å². The van der Waals surface area contributed by atoms with E-state index in [1.54, 1.807) is 33.8 Å². The van der Waals surface area contributed by atoms with Crippen LogP contribution in [0.1, 0.15) is 43.6 Å². The molecular weight excluding hydrogens is 288 g/mol. The molecule has 1 aromatic rings. The molecule has 0 saturated carbocycles. The third-order valence-corrected chi connectivity index (χ3v) is 2.80. The number of ether oxygens (including phenoxy) is 1. The number of carbonyl (C=O) groups excluding carboxylic acids is 2. The first-order valence-electron chi connectivity index (χ1n) is 6.80. The van der Waals surface area contributed by atoms with Gasteiger partial charge < -0.3 is 10.1 Å². The fraction of sp³-hybridized carbons (Fsp3) is 0.467. The Morgan fingerprint density at radius 1 is 1.32 bits per heavy atom. The number of hydrogen-bond acceptors (Lipinski definition) is 5. The zero-order chi connectivity index (χ0) is 17.1. The molecule has 7 nitrogen and oxygen atoms in total. The summed E-state index contributed by atoms with van der Waals surface area (Å²) in [6, 6.07) is 4.28. The number of nitro benzene ring substituents is 1.